The first-order chi connectivity index (χ1) is 8.49. The van der Waals surface area contributed by atoms with Gasteiger partial charge >= 0.3 is 0 Å². The van der Waals surface area contributed by atoms with E-state index in [9.17, 15) is 13.2 Å². The molecular formula is C12H20N2O3S. The van der Waals surface area contributed by atoms with Gasteiger partial charge in [-0.2, -0.15) is 4.99 Å². The fraction of sp³-hybridized carbons (Fsp3) is 0.917. The summed E-state index contributed by atoms with van der Waals surface area (Å²) in [6.07, 6.45) is 7.79. The van der Waals surface area contributed by atoms with Crippen LogP contribution in [0.25, 0.3) is 0 Å². The Morgan fingerprint density at radius 3 is 2.39 bits per heavy atom. The molecule has 0 bridgehead atoms. The van der Waals surface area contributed by atoms with E-state index in [2.05, 4.69) is 4.99 Å². The maximum atomic E-state index is 12.3. The summed E-state index contributed by atoms with van der Waals surface area (Å²) in [5, 5.41) is 0. The number of isocyanates is 1. The minimum Gasteiger partial charge on any atom is -0.212 e. The predicted octanol–water partition coefficient (Wildman–Crippen LogP) is 1.45. The van der Waals surface area contributed by atoms with Crippen LogP contribution in [0, 0.1) is 0 Å². The van der Waals surface area contributed by atoms with Crippen LogP contribution >= 0.6 is 0 Å². The Balaban J connectivity index is 2.15. The molecule has 2 rings (SSSR count). The van der Waals surface area contributed by atoms with Crippen LogP contribution in [0.2, 0.25) is 0 Å². The third kappa shape index (κ3) is 2.99. The van der Waals surface area contributed by atoms with Gasteiger partial charge in [-0.05, 0) is 25.7 Å². The van der Waals surface area contributed by atoms with Gasteiger partial charge in [-0.25, -0.2) is 17.5 Å². The maximum Gasteiger partial charge on any atom is 0.235 e. The van der Waals surface area contributed by atoms with Crippen molar-refractivity contribution in [1.29, 1.82) is 0 Å². The van der Waals surface area contributed by atoms with Crippen LogP contribution < -0.4 is 0 Å². The molecule has 0 aromatic heterocycles. The second-order valence-corrected chi connectivity index (χ2v) is 7.52. The third-order valence-electron chi connectivity index (χ3n) is 4.02. The molecule has 0 amide bonds. The molecule has 0 spiro atoms. The van der Waals surface area contributed by atoms with Crippen LogP contribution in [-0.2, 0) is 14.8 Å². The van der Waals surface area contributed by atoms with Gasteiger partial charge in [0.05, 0.1) is 11.3 Å². The summed E-state index contributed by atoms with van der Waals surface area (Å²) >= 11 is 0. The molecule has 2 fully saturated rings. The molecule has 2 aliphatic carbocycles. The second kappa shape index (κ2) is 5.11. The molecule has 5 nitrogen and oxygen atoms in total. The number of aliphatic imine (C=N–C) groups is 1. The number of carbonyl (C=O) groups excluding carboxylic acids is 1. The summed E-state index contributed by atoms with van der Waals surface area (Å²) in [6.45, 7) is 0. The van der Waals surface area contributed by atoms with Gasteiger partial charge in [0.15, 0.2) is 0 Å². The average molecular weight is 272 g/mol. The highest BCUT2D eigenvalue weighted by Crippen LogP contribution is 2.35. The summed E-state index contributed by atoms with van der Waals surface area (Å²) in [6, 6.07) is 0.163. The quantitative estimate of drug-likeness (QED) is 0.562. The van der Waals surface area contributed by atoms with Crippen molar-refractivity contribution >= 4 is 16.1 Å². The molecule has 0 radical (unpaired) electrons. The number of rotatable bonds is 5. The molecule has 0 N–H and O–H groups in total. The van der Waals surface area contributed by atoms with Gasteiger partial charge in [-0.3, -0.25) is 0 Å². The van der Waals surface area contributed by atoms with Gasteiger partial charge in [-0.1, -0.05) is 19.3 Å². The van der Waals surface area contributed by atoms with Crippen molar-refractivity contribution in [3.63, 3.8) is 0 Å². The smallest absolute Gasteiger partial charge is 0.212 e. The zero-order valence-corrected chi connectivity index (χ0v) is 11.6. The summed E-state index contributed by atoms with van der Waals surface area (Å²) in [7, 11) is -1.68. The average Bonchev–Trinajstić information content (AvgIpc) is 3.12. The largest absolute Gasteiger partial charge is 0.235 e. The van der Waals surface area contributed by atoms with E-state index in [4.69, 9.17) is 0 Å². The van der Waals surface area contributed by atoms with Crippen LogP contribution in [0.3, 0.4) is 0 Å². The minimum atomic E-state index is -3.32. The summed E-state index contributed by atoms with van der Waals surface area (Å²) < 4.78 is 26.1. The standard InChI is InChI=1S/C12H20N2O3S/c1-14(11-5-6-11)18(16,17)9-12(13-10-15)7-3-2-4-8-12/h11H,2-9H2,1H3. The number of nitrogens with zero attached hydrogens (tertiary/aromatic N) is 2. The van der Waals surface area contributed by atoms with E-state index in [1.165, 1.54) is 4.31 Å². The van der Waals surface area contributed by atoms with Crippen molar-refractivity contribution in [2.24, 2.45) is 4.99 Å². The highest BCUT2D eigenvalue weighted by Gasteiger charge is 2.41. The normalized spacial score (nSPS) is 23.7. The van der Waals surface area contributed by atoms with E-state index in [0.29, 0.717) is 12.8 Å². The van der Waals surface area contributed by atoms with Gasteiger partial charge < -0.3 is 0 Å². The van der Waals surface area contributed by atoms with Crippen LogP contribution in [0.4, 0.5) is 0 Å². The van der Waals surface area contributed by atoms with Crippen molar-refractivity contribution < 1.29 is 13.2 Å². The van der Waals surface area contributed by atoms with Gasteiger partial charge in [0.1, 0.15) is 0 Å². The first-order valence-electron chi connectivity index (χ1n) is 6.54. The Hall–Kier alpha value is -0.710. The van der Waals surface area contributed by atoms with Crippen molar-refractivity contribution in [2.75, 3.05) is 12.8 Å². The Bertz CT molecular complexity index is 444. The fourth-order valence-electron chi connectivity index (χ4n) is 2.70. The lowest BCUT2D eigenvalue weighted by atomic mass is 9.84. The molecule has 0 atom stereocenters. The zero-order valence-electron chi connectivity index (χ0n) is 10.8. The molecule has 0 unspecified atom stereocenters. The van der Waals surface area contributed by atoms with Gasteiger partial charge in [-0.15, -0.1) is 0 Å². The Kier molecular flexibility index (Phi) is 3.90. The molecule has 0 saturated heterocycles. The topological polar surface area (TPSA) is 66.8 Å². The van der Waals surface area contributed by atoms with E-state index < -0.39 is 15.6 Å². The zero-order chi connectivity index (χ0) is 13.2. The predicted molar refractivity (Wildman–Crippen MR) is 68.5 cm³/mol. The fourth-order valence-corrected chi connectivity index (χ4v) is 4.60. The van der Waals surface area contributed by atoms with Crippen molar-refractivity contribution in [1.82, 2.24) is 4.31 Å². The van der Waals surface area contributed by atoms with Crippen LogP contribution in [0.1, 0.15) is 44.9 Å². The third-order valence-corrected chi connectivity index (χ3v) is 6.10. The SMILES string of the molecule is CN(C1CC1)S(=O)(=O)CC1(N=C=O)CCCCC1. The molecule has 2 saturated carbocycles. The van der Waals surface area contributed by atoms with Crippen molar-refractivity contribution in [3.05, 3.63) is 0 Å². The summed E-state index contributed by atoms with van der Waals surface area (Å²) in [5.41, 5.74) is -0.720. The monoisotopic (exact) mass is 272 g/mol. The van der Waals surface area contributed by atoms with E-state index in [-0.39, 0.29) is 11.8 Å². The lowest BCUT2D eigenvalue weighted by Crippen LogP contribution is -2.43. The highest BCUT2D eigenvalue weighted by atomic mass is 32.2. The first-order valence-corrected chi connectivity index (χ1v) is 8.15. The minimum absolute atomic E-state index is 0.0394. The van der Waals surface area contributed by atoms with E-state index >= 15 is 0 Å². The molecule has 0 aromatic rings. The van der Waals surface area contributed by atoms with Gasteiger partial charge in [0, 0.05) is 13.1 Å². The first kappa shape index (κ1) is 13.7. The lowest BCUT2D eigenvalue weighted by Gasteiger charge is -2.33. The summed E-state index contributed by atoms with van der Waals surface area (Å²) in [5.74, 6) is -0.0394. The van der Waals surface area contributed by atoms with Crippen molar-refractivity contribution in [3.8, 4) is 0 Å². The van der Waals surface area contributed by atoms with Crippen molar-refractivity contribution in [2.45, 2.75) is 56.5 Å². The number of hydrogen-bond donors (Lipinski definition) is 0. The molecule has 18 heavy (non-hydrogen) atoms. The van der Waals surface area contributed by atoms with E-state index in [1.807, 2.05) is 0 Å². The van der Waals surface area contributed by atoms with Gasteiger partial charge in [0.2, 0.25) is 16.1 Å². The molecular weight excluding hydrogens is 252 g/mol. The molecule has 0 heterocycles. The number of sulfonamides is 1. The molecule has 102 valence electrons. The summed E-state index contributed by atoms with van der Waals surface area (Å²) in [4.78, 5) is 14.4. The van der Waals surface area contributed by atoms with Crippen LogP contribution in [0.5, 0.6) is 0 Å². The Morgan fingerprint density at radius 1 is 1.28 bits per heavy atom. The van der Waals surface area contributed by atoms with Gasteiger partial charge in [0.25, 0.3) is 0 Å². The van der Waals surface area contributed by atoms with Crippen LogP contribution in [-0.4, -0.2) is 43.2 Å². The molecule has 0 aromatic carbocycles. The molecule has 0 aliphatic heterocycles. The Morgan fingerprint density at radius 2 is 1.89 bits per heavy atom. The maximum absolute atomic E-state index is 12.3. The lowest BCUT2D eigenvalue weighted by molar-refractivity contribution is 0.319. The number of hydrogen-bond acceptors (Lipinski definition) is 4. The van der Waals surface area contributed by atoms with E-state index in [0.717, 1.165) is 32.1 Å². The van der Waals surface area contributed by atoms with Crippen LogP contribution in [0.15, 0.2) is 4.99 Å². The molecule has 2 aliphatic rings. The second-order valence-electron chi connectivity index (χ2n) is 5.49. The Labute approximate surface area is 108 Å². The highest BCUT2D eigenvalue weighted by molar-refractivity contribution is 7.89. The van der Waals surface area contributed by atoms with E-state index in [1.54, 1.807) is 13.1 Å². The molecule has 6 heteroatoms.